The molecule has 0 N–H and O–H groups in total. The van der Waals surface area contributed by atoms with Crippen LogP contribution in [0, 0.1) is 23.3 Å². The molecular formula is C30H22F4O. The maximum Gasteiger partial charge on any atom is 0.167 e. The number of hydrogen-bond donors (Lipinski definition) is 0. The summed E-state index contributed by atoms with van der Waals surface area (Å²) < 4.78 is 63.5. The van der Waals surface area contributed by atoms with Crippen molar-refractivity contribution >= 4 is 6.08 Å². The van der Waals surface area contributed by atoms with Gasteiger partial charge in [-0.1, -0.05) is 85.5 Å². The Morgan fingerprint density at radius 2 is 1.26 bits per heavy atom. The lowest BCUT2D eigenvalue weighted by molar-refractivity contribution is 0.401. The van der Waals surface area contributed by atoms with Crippen molar-refractivity contribution in [3.05, 3.63) is 125 Å². The highest BCUT2D eigenvalue weighted by Gasteiger charge is 2.30. The van der Waals surface area contributed by atoms with E-state index in [1.165, 1.54) is 0 Å². The maximum absolute atomic E-state index is 14.8. The second-order valence-electron chi connectivity index (χ2n) is 8.58. The van der Waals surface area contributed by atoms with Gasteiger partial charge in [0.2, 0.25) is 0 Å². The van der Waals surface area contributed by atoms with E-state index in [4.69, 9.17) is 4.74 Å². The molecule has 4 aromatic carbocycles. The first-order valence-electron chi connectivity index (χ1n) is 11.3. The van der Waals surface area contributed by atoms with Crippen LogP contribution in [0.1, 0.15) is 28.4 Å². The van der Waals surface area contributed by atoms with Crippen molar-refractivity contribution in [1.82, 2.24) is 0 Å². The average Bonchev–Trinajstić information content (AvgIpc) is 3.72. The number of epoxide rings is 1. The summed E-state index contributed by atoms with van der Waals surface area (Å²) >= 11 is 0. The number of halogens is 4. The van der Waals surface area contributed by atoms with E-state index in [0.717, 1.165) is 11.1 Å². The summed E-state index contributed by atoms with van der Waals surface area (Å²) in [4.78, 5) is 0. The highest BCUT2D eigenvalue weighted by atomic mass is 19.2. The van der Waals surface area contributed by atoms with Gasteiger partial charge < -0.3 is 4.74 Å². The quantitative estimate of drug-likeness (QED) is 0.195. The highest BCUT2D eigenvalue weighted by molar-refractivity contribution is 5.67. The zero-order chi connectivity index (χ0) is 24.5. The number of benzene rings is 4. The van der Waals surface area contributed by atoms with E-state index in [0.29, 0.717) is 30.6 Å². The molecule has 0 aliphatic carbocycles. The standard InChI is InChI=1S/C30H22F4O/c1-2-18-3-8-20(9-4-18)23-14-13-22(27(31)28(23)32)12-7-19-5-10-21(11-6-19)24-15-16-25(26-17-35-26)30(34)29(24)33/h2-6,8-11,13-16,26H,1,7,12,17H2. The van der Waals surface area contributed by atoms with Crippen LogP contribution in [-0.2, 0) is 17.6 Å². The molecule has 1 aliphatic heterocycles. The second-order valence-corrected chi connectivity index (χ2v) is 8.58. The predicted octanol–water partition coefficient (Wildman–Crippen LogP) is 8.08. The van der Waals surface area contributed by atoms with Gasteiger partial charge in [-0.15, -0.1) is 0 Å². The number of aryl methyl sites for hydroxylation is 2. The minimum Gasteiger partial charge on any atom is -0.368 e. The SMILES string of the molecule is C=Cc1ccc(-c2ccc(CCc3ccc(-c4ccc(C5CO5)c(F)c4F)cc3)c(F)c2F)cc1. The molecule has 5 rings (SSSR count). The van der Waals surface area contributed by atoms with Crippen molar-refractivity contribution in [2.24, 2.45) is 0 Å². The normalized spacial score (nSPS) is 14.7. The van der Waals surface area contributed by atoms with Crippen molar-refractivity contribution in [2.45, 2.75) is 18.9 Å². The second kappa shape index (κ2) is 9.51. The van der Waals surface area contributed by atoms with Gasteiger partial charge in [0.1, 0.15) is 6.10 Å². The fourth-order valence-electron chi connectivity index (χ4n) is 4.20. The van der Waals surface area contributed by atoms with E-state index in [1.807, 2.05) is 0 Å². The summed E-state index contributed by atoms with van der Waals surface area (Å²) in [5, 5.41) is 0. The Morgan fingerprint density at radius 1 is 0.686 bits per heavy atom. The molecule has 1 unspecified atom stereocenters. The van der Waals surface area contributed by atoms with Gasteiger partial charge in [0.15, 0.2) is 23.3 Å². The molecule has 35 heavy (non-hydrogen) atoms. The van der Waals surface area contributed by atoms with Crippen molar-refractivity contribution in [3.63, 3.8) is 0 Å². The number of ether oxygens (including phenoxy) is 1. The Hall–Kier alpha value is -3.70. The molecular weight excluding hydrogens is 452 g/mol. The van der Waals surface area contributed by atoms with E-state index in [1.54, 1.807) is 78.9 Å². The summed E-state index contributed by atoms with van der Waals surface area (Å²) in [5.74, 6) is -3.51. The monoisotopic (exact) mass is 474 g/mol. The van der Waals surface area contributed by atoms with E-state index >= 15 is 0 Å². The van der Waals surface area contributed by atoms with Crippen LogP contribution in [0.3, 0.4) is 0 Å². The molecule has 1 saturated heterocycles. The molecule has 0 radical (unpaired) electrons. The van der Waals surface area contributed by atoms with Gasteiger partial charge in [0.25, 0.3) is 0 Å². The Labute approximate surface area is 201 Å². The van der Waals surface area contributed by atoms with Gasteiger partial charge in [-0.25, -0.2) is 17.6 Å². The van der Waals surface area contributed by atoms with Gasteiger partial charge in [0.05, 0.1) is 6.61 Å². The molecule has 1 nitrogen and oxygen atoms in total. The Kier molecular flexibility index (Phi) is 6.27. The molecule has 0 aromatic heterocycles. The molecule has 1 heterocycles. The van der Waals surface area contributed by atoms with Crippen LogP contribution in [0.4, 0.5) is 17.6 Å². The Morgan fingerprint density at radius 3 is 1.86 bits per heavy atom. The van der Waals surface area contributed by atoms with E-state index in [-0.39, 0.29) is 28.4 Å². The maximum atomic E-state index is 14.8. The summed E-state index contributed by atoms with van der Waals surface area (Å²) in [7, 11) is 0. The van der Waals surface area contributed by atoms with Gasteiger partial charge in [-0.05, 0) is 40.7 Å². The minimum atomic E-state index is -0.900. The van der Waals surface area contributed by atoms with Crippen LogP contribution in [0.25, 0.3) is 28.3 Å². The van der Waals surface area contributed by atoms with Gasteiger partial charge >= 0.3 is 0 Å². The molecule has 0 spiro atoms. The number of rotatable bonds is 7. The zero-order valence-corrected chi connectivity index (χ0v) is 18.8. The zero-order valence-electron chi connectivity index (χ0n) is 18.8. The summed E-state index contributed by atoms with van der Waals surface area (Å²) in [6.45, 7) is 4.09. The number of hydrogen-bond acceptors (Lipinski definition) is 1. The van der Waals surface area contributed by atoms with Crippen LogP contribution < -0.4 is 0 Å². The predicted molar refractivity (Wildman–Crippen MR) is 130 cm³/mol. The molecule has 0 bridgehead atoms. The molecule has 0 saturated carbocycles. The summed E-state index contributed by atoms with van der Waals surface area (Å²) in [6.07, 6.45) is 2.10. The molecule has 176 valence electrons. The minimum absolute atomic E-state index is 0.170. The van der Waals surface area contributed by atoms with Gasteiger partial charge in [-0.3, -0.25) is 0 Å². The van der Waals surface area contributed by atoms with Crippen LogP contribution in [0.15, 0.2) is 79.4 Å². The Bertz CT molecular complexity index is 1390. The molecule has 4 aromatic rings. The van der Waals surface area contributed by atoms with E-state index in [9.17, 15) is 17.6 Å². The molecule has 1 fully saturated rings. The van der Waals surface area contributed by atoms with Crippen molar-refractivity contribution in [1.29, 1.82) is 0 Å². The third kappa shape index (κ3) is 4.64. The first-order valence-corrected chi connectivity index (χ1v) is 11.3. The fraction of sp³-hybridized carbons (Fsp3) is 0.133. The summed E-state index contributed by atoms with van der Waals surface area (Å²) in [5.41, 5.74) is 3.80. The first kappa shape index (κ1) is 23.1. The van der Waals surface area contributed by atoms with Crippen LogP contribution in [0.5, 0.6) is 0 Å². The average molecular weight is 474 g/mol. The van der Waals surface area contributed by atoms with Crippen LogP contribution in [-0.4, -0.2) is 6.61 Å². The van der Waals surface area contributed by atoms with Crippen LogP contribution >= 0.6 is 0 Å². The van der Waals surface area contributed by atoms with E-state index in [2.05, 4.69) is 6.58 Å². The van der Waals surface area contributed by atoms with Crippen LogP contribution in [0.2, 0.25) is 0 Å². The van der Waals surface area contributed by atoms with Gasteiger partial charge in [-0.2, -0.15) is 0 Å². The topological polar surface area (TPSA) is 12.5 Å². The van der Waals surface area contributed by atoms with Gasteiger partial charge in [0, 0.05) is 16.7 Å². The lowest BCUT2D eigenvalue weighted by atomic mass is 9.97. The van der Waals surface area contributed by atoms with Crippen molar-refractivity contribution < 1.29 is 22.3 Å². The lowest BCUT2D eigenvalue weighted by Crippen LogP contribution is -2.00. The van der Waals surface area contributed by atoms with Crippen molar-refractivity contribution in [3.8, 4) is 22.3 Å². The highest BCUT2D eigenvalue weighted by Crippen LogP contribution is 2.36. The first-order chi connectivity index (χ1) is 17.0. The largest absolute Gasteiger partial charge is 0.368 e. The van der Waals surface area contributed by atoms with E-state index < -0.39 is 23.3 Å². The Balaban J connectivity index is 1.30. The lowest BCUT2D eigenvalue weighted by Gasteiger charge is -2.10. The molecule has 0 amide bonds. The van der Waals surface area contributed by atoms with Crippen molar-refractivity contribution in [2.75, 3.05) is 6.61 Å². The molecule has 1 aliphatic rings. The third-order valence-corrected chi connectivity index (χ3v) is 6.36. The summed E-state index contributed by atoms with van der Waals surface area (Å²) in [6, 6.07) is 20.3. The molecule has 1 atom stereocenters. The smallest absolute Gasteiger partial charge is 0.167 e. The third-order valence-electron chi connectivity index (χ3n) is 6.36. The molecule has 5 heteroatoms. The fourth-order valence-corrected chi connectivity index (χ4v) is 4.20.